The lowest BCUT2D eigenvalue weighted by molar-refractivity contribution is -0.133. The molecule has 31 heavy (non-hydrogen) atoms. The molecule has 3 rings (SSSR count). The molecule has 164 valence electrons. The zero-order valence-electron chi connectivity index (χ0n) is 15.9. The molecule has 12 heteroatoms. The van der Waals surface area contributed by atoms with Gasteiger partial charge in [0.05, 0.1) is 6.42 Å². The summed E-state index contributed by atoms with van der Waals surface area (Å²) in [7, 11) is -3.10. The maximum absolute atomic E-state index is 12.2. The lowest BCUT2D eigenvalue weighted by atomic mass is 10.1. The topological polar surface area (TPSA) is 108 Å². The van der Waals surface area contributed by atoms with Crippen molar-refractivity contribution in [2.75, 3.05) is 0 Å². The molecule has 0 amide bonds. The first-order chi connectivity index (χ1) is 14.6. The standard InChI is InChI=1S/C19H15Cl3N2O6S/c1-24-18(22)17(21)19(23-24)29-10-12-6-7-13(9-15(12)31(26,27)28)30-16(25)8-11-4-2-3-5-14(11)20/h2-7,9H,8,10H2,1H3,(H,26,27,28). The van der Waals surface area contributed by atoms with E-state index in [-0.39, 0.29) is 40.4 Å². The van der Waals surface area contributed by atoms with E-state index in [1.165, 1.54) is 16.8 Å². The van der Waals surface area contributed by atoms with E-state index in [0.717, 1.165) is 6.07 Å². The van der Waals surface area contributed by atoms with Crippen molar-refractivity contribution in [2.45, 2.75) is 17.9 Å². The minimum atomic E-state index is -4.65. The fraction of sp³-hybridized carbons (Fsp3) is 0.158. The van der Waals surface area contributed by atoms with Crippen LogP contribution in [0.3, 0.4) is 0 Å². The number of halogens is 3. The van der Waals surface area contributed by atoms with Crippen LogP contribution in [0.25, 0.3) is 0 Å². The smallest absolute Gasteiger partial charge is 0.315 e. The third kappa shape index (κ3) is 5.69. The number of hydrogen-bond acceptors (Lipinski definition) is 6. The molecule has 0 spiro atoms. The highest BCUT2D eigenvalue weighted by Crippen LogP contribution is 2.32. The number of aryl methyl sites for hydroxylation is 1. The van der Waals surface area contributed by atoms with E-state index in [0.29, 0.717) is 10.6 Å². The van der Waals surface area contributed by atoms with E-state index in [1.54, 1.807) is 31.3 Å². The van der Waals surface area contributed by atoms with Crippen LogP contribution in [-0.2, 0) is 35.0 Å². The van der Waals surface area contributed by atoms with E-state index in [9.17, 15) is 17.8 Å². The molecule has 0 aliphatic carbocycles. The summed E-state index contributed by atoms with van der Waals surface area (Å²) >= 11 is 17.9. The van der Waals surface area contributed by atoms with Crippen molar-refractivity contribution in [2.24, 2.45) is 7.05 Å². The zero-order chi connectivity index (χ0) is 22.8. The quantitative estimate of drug-likeness (QED) is 0.289. The van der Waals surface area contributed by atoms with Crippen LogP contribution in [0, 0.1) is 0 Å². The van der Waals surface area contributed by atoms with Crippen molar-refractivity contribution in [3.63, 3.8) is 0 Å². The summed E-state index contributed by atoms with van der Waals surface area (Å²) < 4.78 is 45.2. The molecule has 0 bridgehead atoms. The maximum atomic E-state index is 12.2. The van der Waals surface area contributed by atoms with Crippen LogP contribution < -0.4 is 9.47 Å². The number of rotatable bonds is 7. The van der Waals surface area contributed by atoms with Crippen LogP contribution in [0.1, 0.15) is 11.1 Å². The maximum Gasteiger partial charge on any atom is 0.315 e. The fourth-order valence-electron chi connectivity index (χ4n) is 2.62. The van der Waals surface area contributed by atoms with Gasteiger partial charge in [0, 0.05) is 23.7 Å². The molecule has 0 aliphatic rings. The van der Waals surface area contributed by atoms with Gasteiger partial charge in [-0.15, -0.1) is 5.10 Å². The van der Waals surface area contributed by atoms with Crippen molar-refractivity contribution in [1.82, 2.24) is 9.78 Å². The van der Waals surface area contributed by atoms with Gasteiger partial charge in [-0.25, -0.2) is 0 Å². The van der Waals surface area contributed by atoms with Crippen LogP contribution >= 0.6 is 34.8 Å². The second-order valence-electron chi connectivity index (χ2n) is 6.31. The second kappa shape index (κ2) is 9.46. The van der Waals surface area contributed by atoms with Crippen LogP contribution in [-0.4, -0.2) is 28.7 Å². The third-order valence-electron chi connectivity index (χ3n) is 4.10. The van der Waals surface area contributed by atoms with Gasteiger partial charge in [0.15, 0.2) is 0 Å². The molecule has 3 aromatic rings. The molecule has 1 aromatic heterocycles. The minimum absolute atomic E-state index is 0.00861. The molecule has 0 saturated carbocycles. The minimum Gasteiger partial charge on any atom is -0.471 e. The molecule has 2 aromatic carbocycles. The molecule has 0 aliphatic heterocycles. The van der Waals surface area contributed by atoms with E-state index in [1.807, 2.05) is 0 Å². The van der Waals surface area contributed by atoms with Crippen molar-refractivity contribution >= 4 is 50.9 Å². The first-order valence-corrected chi connectivity index (χ1v) is 11.2. The molecule has 1 heterocycles. The Morgan fingerprint density at radius 1 is 1.13 bits per heavy atom. The summed E-state index contributed by atoms with van der Waals surface area (Å²) in [6, 6.07) is 10.5. The van der Waals surface area contributed by atoms with Gasteiger partial charge in [-0.2, -0.15) is 8.42 Å². The van der Waals surface area contributed by atoms with Crippen LogP contribution in [0.2, 0.25) is 15.2 Å². The van der Waals surface area contributed by atoms with E-state index >= 15 is 0 Å². The van der Waals surface area contributed by atoms with Crippen LogP contribution in [0.4, 0.5) is 0 Å². The van der Waals surface area contributed by atoms with Gasteiger partial charge in [-0.05, 0) is 17.7 Å². The highest BCUT2D eigenvalue weighted by atomic mass is 35.5. The lowest BCUT2D eigenvalue weighted by Crippen LogP contribution is -2.13. The van der Waals surface area contributed by atoms with Crippen molar-refractivity contribution < 1.29 is 27.2 Å². The monoisotopic (exact) mass is 504 g/mol. The largest absolute Gasteiger partial charge is 0.471 e. The molecule has 0 atom stereocenters. The first kappa shape index (κ1) is 23.4. The Morgan fingerprint density at radius 3 is 2.45 bits per heavy atom. The van der Waals surface area contributed by atoms with E-state index < -0.39 is 21.0 Å². The van der Waals surface area contributed by atoms with Gasteiger partial charge in [-0.1, -0.05) is 59.1 Å². The molecule has 0 unspecified atom stereocenters. The number of carbonyl (C=O) groups excluding carboxylic acids is 1. The molecule has 0 fully saturated rings. The van der Waals surface area contributed by atoms with Gasteiger partial charge in [-0.3, -0.25) is 14.0 Å². The highest BCUT2D eigenvalue weighted by Gasteiger charge is 2.20. The van der Waals surface area contributed by atoms with Crippen molar-refractivity contribution in [3.8, 4) is 11.6 Å². The van der Waals surface area contributed by atoms with Crippen LogP contribution in [0.5, 0.6) is 11.6 Å². The normalized spacial score (nSPS) is 11.4. The summed E-state index contributed by atoms with van der Waals surface area (Å²) in [5, 5.41) is 4.56. The number of nitrogens with zero attached hydrogens (tertiary/aromatic N) is 2. The summed E-state index contributed by atoms with van der Waals surface area (Å²) in [6.07, 6.45) is -0.120. The highest BCUT2D eigenvalue weighted by molar-refractivity contribution is 7.85. The average molecular weight is 506 g/mol. The lowest BCUT2D eigenvalue weighted by Gasteiger charge is -2.11. The van der Waals surface area contributed by atoms with Gasteiger partial charge >= 0.3 is 5.97 Å². The van der Waals surface area contributed by atoms with Gasteiger partial charge in [0.2, 0.25) is 0 Å². The number of ether oxygens (including phenoxy) is 2. The first-order valence-electron chi connectivity index (χ1n) is 8.61. The number of esters is 1. The molecule has 1 N–H and O–H groups in total. The Kier molecular flexibility index (Phi) is 7.13. The Balaban J connectivity index is 1.79. The average Bonchev–Trinajstić information content (AvgIpc) is 2.94. The summed E-state index contributed by atoms with van der Waals surface area (Å²) in [4.78, 5) is 11.7. The number of benzene rings is 2. The van der Waals surface area contributed by atoms with Gasteiger partial charge in [0.1, 0.15) is 27.4 Å². The molecule has 0 saturated heterocycles. The molecule has 8 nitrogen and oxygen atoms in total. The second-order valence-corrected chi connectivity index (χ2v) is 8.84. The molecule has 0 radical (unpaired) electrons. The van der Waals surface area contributed by atoms with Gasteiger partial charge in [0.25, 0.3) is 16.0 Å². The van der Waals surface area contributed by atoms with Crippen molar-refractivity contribution in [1.29, 1.82) is 0 Å². The van der Waals surface area contributed by atoms with Crippen molar-refractivity contribution in [3.05, 3.63) is 68.8 Å². The Morgan fingerprint density at radius 2 is 1.84 bits per heavy atom. The molecular formula is C19H15Cl3N2O6S. The summed E-state index contributed by atoms with van der Waals surface area (Å²) in [5.41, 5.74) is 0.645. The predicted octanol–water partition coefficient (Wildman–Crippen LogP) is 4.35. The van der Waals surface area contributed by atoms with Crippen LogP contribution in [0.15, 0.2) is 47.4 Å². The van der Waals surface area contributed by atoms with E-state index in [4.69, 9.17) is 44.3 Å². The Labute approximate surface area is 193 Å². The number of aromatic nitrogens is 2. The summed E-state index contributed by atoms with van der Waals surface area (Å²) in [5.74, 6) is -0.744. The fourth-order valence-corrected chi connectivity index (χ4v) is 3.87. The van der Waals surface area contributed by atoms with Gasteiger partial charge < -0.3 is 9.47 Å². The number of hydrogen-bond donors (Lipinski definition) is 1. The molecular weight excluding hydrogens is 491 g/mol. The Bertz CT molecular complexity index is 1240. The summed E-state index contributed by atoms with van der Waals surface area (Å²) in [6.45, 7) is -0.296. The number of carbonyl (C=O) groups is 1. The third-order valence-corrected chi connectivity index (χ3v) is 6.27. The zero-order valence-corrected chi connectivity index (χ0v) is 19.0. The Hall–Kier alpha value is -2.30. The SMILES string of the molecule is Cn1nc(OCc2ccc(OC(=O)Cc3ccccc3Cl)cc2S(=O)(=O)O)c(Cl)c1Cl. The predicted molar refractivity (Wildman–Crippen MR) is 115 cm³/mol. The van der Waals surface area contributed by atoms with E-state index in [2.05, 4.69) is 5.10 Å².